The lowest BCUT2D eigenvalue weighted by Gasteiger charge is -2.27. The summed E-state index contributed by atoms with van der Waals surface area (Å²) in [7, 11) is 0. The van der Waals surface area contributed by atoms with E-state index in [1.165, 1.54) is 12.5 Å². The van der Waals surface area contributed by atoms with Crippen molar-refractivity contribution in [2.24, 2.45) is 5.92 Å². The van der Waals surface area contributed by atoms with Gasteiger partial charge in [0, 0.05) is 6.08 Å². The summed E-state index contributed by atoms with van der Waals surface area (Å²) in [5.74, 6) is 0.486. The number of rotatable bonds is 4. The summed E-state index contributed by atoms with van der Waals surface area (Å²) in [5.41, 5.74) is 0. The van der Waals surface area contributed by atoms with E-state index < -0.39 is 0 Å². The summed E-state index contributed by atoms with van der Waals surface area (Å²) >= 11 is 0. The van der Waals surface area contributed by atoms with Crippen molar-refractivity contribution < 1.29 is 14.3 Å². The van der Waals surface area contributed by atoms with E-state index in [0.717, 1.165) is 38.2 Å². The SMILES string of the molecule is C=CC(=O)OC1CCC(CC2CO2)CC1. The first-order valence-electron chi connectivity index (χ1n) is 5.72. The molecule has 0 aromatic rings. The number of hydrogen-bond acceptors (Lipinski definition) is 3. The molecule has 0 amide bonds. The maximum absolute atomic E-state index is 11.0. The third-order valence-electron chi connectivity index (χ3n) is 3.24. The molecule has 2 aliphatic rings. The standard InChI is InChI=1S/C12H18O3/c1-2-12(13)15-10-5-3-9(4-6-10)7-11-8-14-11/h2,9-11H,1,3-8H2. The Morgan fingerprint density at radius 3 is 2.60 bits per heavy atom. The fourth-order valence-corrected chi connectivity index (χ4v) is 2.27. The van der Waals surface area contributed by atoms with Gasteiger partial charge in [0.15, 0.2) is 0 Å². The Hall–Kier alpha value is -0.830. The van der Waals surface area contributed by atoms with Crippen LogP contribution in [0.15, 0.2) is 12.7 Å². The highest BCUT2D eigenvalue weighted by atomic mass is 16.6. The van der Waals surface area contributed by atoms with Crippen molar-refractivity contribution in [1.82, 2.24) is 0 Å². The molecular formula is C12H18O3. The maximum atomic E-state index is 11.0. The average molecular weight is 210 g/mol. The zero-order chi connectivity index (χ0) is 10.7. The summed E-state index contributed by atoms with van der Waals surface area (Å²) in [6.07, 6.45) is 7.40. The van der Waals surface area contributed by atoms with Crippen LogP contribution >= 0.6 is 0 Å². The highest BCUT2D eigenvalue weighted by Crippen LogP contribution is 2.32. The molecule has 2 rings (SSSR count). The van der Waals surface area contributed by atoms with Gasteiger partial charge in [0.05, 0.1) is 12.7 Å². The van der Waals surface area contributed by atoms with E-state index >= 15 is 0 Å². The highest BCUT2D eigenvalue weighted by Gasteiger charge is 2.30. The van der Waals surface area contributed by atoms with Crippen LogP contribution in [-0.4, -0.2) is 24.8 Å². The van der Waals surface area contributed by atoms with E-state index in [4.69, 9.17) is 9.47 Å². The topological polar surface area (TPSA) is 38.8 Å². The van der Waals surface area contributed by atoms with Gasteiger partial charge in [0.25, 0.3) is 0 Å². The minimum Gasteiger partial charge on any atom is -0.459 e. The molecule has 84 valence electrons. The molecule has 3 nitrogen and oxygen atoms in total. The Labute approximate surface area is 90.4 Å². The van der Waals surface area contributed by atoms with Gasteiger partial charge in [-0.1, -0.05) is 6.58 Å². The molecular weight excluding hydrogens is 192 g/mol. The van der Waals surface area contributed by atoms with Crippen LogP contribution in [0.4, 0.5) is 0 Å². The molecule has 1 saturated heterocycles. The van der Waals surface area contributed by atoms with Gasteiger partial charge in [-0.05, 0) is 38.0 Å². The van der Waals surface area contributed by atoms with Crippen molar-refractivity contribution in [3.63, 3.8) is 0 Å². The minimum absolute atomic E-state index is 0.117. The van der Waals surface area contributed by atoms with Crippen LogP contribution < -0.4 is 0 Å². The lowest BCUT2D eigenvalue weighted by atomic mass is 9.84. The fourth-order valence-electron chi connectivity index (χ4n) is 2.27. The van der Waals surface area contributed by atoms with Crippen molar-refractivity contribution in [2.75, 3.05) is 6.61 Å². The predicted molar refractivity (Wildman–Crippen MR) is 56.4 cm³/mol. The predicted octanol–water partition coefficient (Wildman–Crippen LogP) is 2.06. The number of esters is 1. The van der Waals surface area contributed by atoms with Gasteiger partial charge in [-0.15, -0.1) is 0 Å². The number of epoxide rings is 1. The molecule has 0 radical (unpaired) electrons. The van der Waals surface area contributed by atoms with Crippen molar-refractivity contribution in [1.29, 1.82) is 0 Å². The van der Waals surface area contributed by atoms with Gasteiger partial charge in [-0.3, -0.25) is 0 Å². The zero-order valence-corrected chi connectivity index (χ0v) is 8.98. The van der Waals surface area contributed by atoms with E-state index in [1.807, 2.05) is 0 Å². The first-order valence-corrected chi connectivity index (χ1v) is 5.72. The van der Waals surface area contributed by atoms with Gasteiger partial charge in [0.1, 0.15) is 6.10 Å². The molecule has 2 fully saturated rings. The van der Waals surface area contributed by atoms with Crippen LogP contribution in [0.1, 0.15) is 32.1 Å². The van der Waals surface area contributed by atoms with Crippen LogP contribution in [0.5, 0.6) is 0 Å². The van der Waals surface area contributed by atoms with Crippen LogP contribution in [0.2, 0.25) is 0 Å². The van der Waals surface area contributed by atoms with Crippen molar-refractivity contribution in [2.45, 2.75) is 44.3 Å². The first kappa shape index (κ1) is 10.7. The normalized spacial score (nSPS) is 34.5. The van der Waals surface area contributed by atoms with E-state index in [9.17, 15) is 4.79 Å². The second-order valence-corrected chi connectivity index (χ2v) is 4.47. The van der Waals surface area contributed by atoms with Gasteiger partial charge in [-0.2, -0.15) is 0 Å². The molecule has 1 heterocycles. The number of hydrogen-bond donors (Lipinski definition) is 0. The quantitative estimate of drug-likeness (QED) is 0.405. The second kappa shape index (κ2) is 4.79. The summed E-state index contributed by atoms with van der Waals surface area (Å²) < 4.78 is 10.4. The summed E-state index contributed by atoms with van der Waals surface area (Å²) in [6.45, 7) is 4.35. The minimum atomic E-state index is -0.288. The van der Waals surface area contributed by atoms with E-state index in [1.54, 1.807) is 0 Å². The Morgan fingerprint density at radius 1 is 1.40 bits per heavy atom. The molecule has 15 heavy (non-hydrogen) atoms. The fraction of sp³-hybridized carbons (Fsp3) is 0.750. The molecule has 1 aliphatic heterocycles. The Morgan fingerprint density at radius 2 is 2.07 bits per heavy atom. The third kappa shape index (κ3) is 3.34. The molecule has 0 aromatic heterocycles. The highest BCUT2D eigenvalue weighted by molar-refractivity contribution is 5.81. The summed E-state index contributed by atoms with van der Waals surface area (Å²) in [6, 6.07) is 0. The van der Waals surface area contributed by atoms with E-state index in [2.05, 4.69) is 6.58 Å². The Balaban J connectivity index is 1.66. The van der Waals surface area contributed by atoms with Gasteiger partial charge < -0.3 is 9.47 Å². The second-order valence-electron chi connectivity index (χ2n) is 4.47. The smallest absolute Gasteiger partial charge is 0.330 e. The van der Waals surface area contributed by atoms with Crippen LogP contribution in [0.25, 0.3) is 0 Å². The molecule has 1 aliphatic carbocycles. The lowest BCUT2D eigenvalue weighted by molar-refractivity contribution is -0.144. The lowest BCUT2D eigenvalue weighted by Crippen LogP contribution is -2.24. The van der Waals surface area contributed by atoms with Crippen LogP contribution in [-0.2, 0) is 14.3 Å². The number of carbonyl (C=O) groups is 1. The average Bonchev–Trinajstić information content (AvgIpc) is 3.05. The van der Waals surface area contributed by atoms with E-state index in [-0.39, 0.29) is 12.1 Å². The number of ether oxygens (including phenoxy) is 2. The first-order chi connectivity index (χ1) is 7.28. The maximum Gasteiger partial charge on any atom is 0.330 e. The van der Waals surface area contributed by atoms with Crippen molar-refractivity contribution >= 4 is 5.97 Å². The molecule has 0 bridgehead atoms. The summed E-state index contributed by atoms with van der Waals surface area (Å²) in [4.78, 5) is 11.0. The molecule has 0 N–H and O–H groups in total. The molecule has 1 unspecified atom stereocenters. The Bertz CT molecular complexity index is 237. The largest absolute Gasteiger partial charge is 0.459 e. The molecule has 0 spiro atoms. The van der Waals surface area contributed by atoms with Gasteiger partial charge >= 0.3 is 5.97 Å². The van der Waals surface area contributed by atoms with Crippen LogP contribution in [0, 0.1) is 5.92 Å². The molecule has 1 atom stereocenters. The molecule has 3 heteroatoms. The molecule has 0 aromatic carbocycles. The summed E-state index contributed by atoms with van der Waals surface area (Å²) in [5, 5.41) is 0. The van der Waals surface area contributed by atoms with Gasteiger partial charge in [0.2, 0.25) is 0 Å². The Kier molecular flexibility index (Phi) is 3.41. The zero-order valence-electron chi connectivity index (χ0n) is 8.98. The van der Waals surface area contributed by atoms with Crippen LogP contribution in [0.3, 0.4) is 0 Å². The van der Waals surface area contributed by atoms with Crippen molar-refractivity contribution in [3.05, 3.63) is 12.7 Å². The number of carbonyl (C=O) groups excluding carboxylic acids is 1. The third-order valence-corrected chi connectivity index (χ3v) is 3.24. The monoisotopic (exact) mass is 210 g/mol. The van der Waals surface area contributed by atoms with Gasteiger partial charge in [-0.25, -0.2) is 4.79 Å². The van der Waals surface area contributed by atoms with Crippen molar-refractivity contribution in [3.8, 4) is 0 Å². The molecule has 1 saturated carbocycles. The van der Waals surface area contributed by atoms with E-state index in [0.29, 0.717) is 6.10 Å².